The molecule has 0 radical (unpaired) electrons. The monoisotopic (exact) mass is 543 g/mol. The molecule has 2 aliphatic rings. The summed E-state index contributed by atoms with van der Waals surface area (Å²) in [6.45, 7) is 0.109. The Morgan fingerprint density at radius 1 is 1.10 bits per heavy atom. The average molecular weight is 544 g/mol. The predicted octanol–water partition coefficient (Wildman–Crippen LogP) is 1.33. The molecule has 210 valence electrons. The molecule has 1 aromatic carbocycles. The number of aliphatic hydroxyl groups is 3. The first-order valence-corrected chi connectivity index (χ1v) is 13.1. The zero-order chi connectivity index (χ0) is 27.6. The molecule has 2 aromatic heterocycles. The molecule has 1 fully saturated rings. The summed E-state index contributed by atoms with van der Waals surface area (Å²) in [5.74, 6) is 0.508. The van der Waals surface area contributed by atoms with Crippen LogP contribution >= 0.6 is 0 Å². The number of rotatable bonds is 12. The highest BCUT2D eigenvalue weighted by Gasteiger charge is 2.57. The largest absolute Gasteiger partial charge is 0.481 e. The molecule has 0 spiro atoms. The van der Waals surface area contributed by atoms with E-state index in [0.29, 0.717) is 41.9 Å². The minimum Gasteiger partial charge on any atom is -0.481 e. The van der Waals surface area contributed by atoms with Gasteiger partial charge in [-0.15, -0.1) is 0 Å². The van der Waals surface area contributed by atoms with Gasteiger partial charge in [0, 0.05) is 12.8 Å². The Labute approximate surface area is 224 Å². The van der Waals surface area contributed by atoms with Gasteiger partial charge in [0.05, 0.1) is 12.4 Å². The van der Waals surface area contributed by atoms with Crippen molar-refractivity contribution < 1.29 is 39.4 Å². The summed E-state index contributed by atoms with van der Waals surface area (Å²) in [5, 5.41) is 42.4. The van der Waals surface area contributed by atoms with Crippen molar-refractivity contribution in [1.82, 2.24) is 19.5 Å². The second kappa shape index (κ2) is 11.3. The van der Waals surface area contributed by atoms with Crippen molar-refractivity contribution in [2.75, 3.05) is 12.5 Å². The number of anilines is 1. The van der Waals surface area contributed by atoms with Crippen LogP contribution in [0.1, 0.15) is 50.5 Å². The van der Waals surface area contributed by atoms with Crippen LogP contribution in [0.5, 0.6) is 11.5 Å². The van der Waals surface area contributed by atoms with E-state index in [-0.39, 0.29) is 25.5 Å². The average Bonchev–Trinajstić information content (AvgIpc) is 3.62. The fraction of sp³-hybridized carbons (Fsp3) is 0.538. The number of hydrogen-bond acceptors (Lipinski definition) is 11. The van der Waals surface area contributed by atoms with Crippen molar-refractivity contribution in [2.45, 2.75) is 81.5 Å². The molecule has 4 heterocycles. The normalized spacial score (nSPS) is 24.8. The number of aliphatic carboxylic acids is 1. The van der Waals surface area contributed by atoms with Crippen molar-refractivity contribution in [3.63, 3.8) is 0 Å². The summed E-state index contributed by atoms with van der Waals surface area (Å²) in [7, 11) is 0. The third-order valence-corrected chi connectivity index (χ3v) is 7.40. The van der Waals surface area contributed by atoms with E-state index in [1.807, 2.05) is 6.07 Å². The van der Waals surface area contributed by atoms with E-state index >= 15 is 0 Å². The van der Waals surface area contributed by atoms with Crippen LogP contribution in [0.25, 0.3) is 11.2 Å². The van der Waals surface area contributed by atoms with Gasteiger partial charge in [-0.3, -0.25) is 9.36 Å². The second-order valence-corrected chi connectivity index (χ2v) is 10.0. The number of carboxylic acids is 1. The molecule has 0 saturated carbocycles. The van der Waals surface area contributed by atoms with Crippen LogP contribution in [0.2, 0.25) is 0 Å². The number of fused-ring (bicyclic) bond motifs is 2. The zero-order valence-electron chi connectivity index (χ0n) is 21.3. The third kappa shape index (κ3) is 5.35. The molecular weight excluding hydrogens is 510 g/mol. The van der Waals surface area contributed by atoms with E-state index < -0.39 is 36.1 Å². The van der Waals surface area contributed by atoms with Gasteiger partial charge >= 0.3 is 5.97 Å². The maximum atomic E-state index is 11.5. The Morgan fingerprint density at radius 2 is 1.87 bits per heavy atom. The van der Waals surface area contributed by atoms with E-state index in [2.05, 4.69) is 15.0 Å². The lowest BCUT2D eigenvalue weighted by molar-refractivity contribution is -0.159. The van der Waals surface area contributed by atoms with Crippen LogP contribution in [0.3, 0.4) is 0 Å². The van der Waals surface area contributed by atoms with Gasteiger partial charge in [0.2, 0.25) is 6.79 Å². The third-order valence-electron chi connectivity index (χ3n) is 7.40. The number of nitrogens with zero attached hydrogens (tertiary/aromatic N) is 4. The van der Waals surface area contributed by atoms with Crippen LogP contribution in [0.4, 0.5) is 5.82 Å². The lowest BCUT2D eigenvalue weighted by Gasteiger charge is -2.34. The molecular formula is C26H33N5O8. The van der Waals surface area contributed by atoms with Gasteiger partial charge in [-0.25, -0.2) is 15.0 Å². The van der Waals surface area contributed by atoms with E-state index in [1.165, 1.54) is 17.2 Å². The minimum absolute atomic E-state index is 0.0873. The Balaban J connectivity index is 1.38. The molecule has 13 heteroatoms. The number of hydrogen-bond donors (Lipinski definition) is 5. The van der Waals surface area contributed by atoms with Crippen LogP contribution in [-0.4, -0.2) is 77.1 Å². The van der Waals surface area contributed by atoms with E-state index in [1.54, 1.807) is 12.1 Å². The van der Waals surface area contributed by atoms with Gasteiger partial charge < -0.3 is 40.4 Å². The van der Waals surface area contributed by atoms with Gasteiger partial charge in [-0.05, 0) is 30.5 Å². The summed E-state index contributed by atoms with van der Waals surface area (Å²) >= 11 is 0. The number of ether oxygens (including phenoxy) is 3. The minimum atomic E-state index is -1.58. The highest BCUT2D eigenvalue weighted by molar-refractivity contribution is 5.81. The van der Waals surface area contributed by atoms with E-state index in [9.17, 15) is 20.1 Å². The first kappa shape index (κ1) is 27.1. The number of imidazole rings is 1. The fourth-order valence-electron chi connectivity index (χ4n) is 5.36. The van der Waals surface area contributed by atoms with Gasteiger partial charge in [0.25, 0.3) is 0 Å². The molecule has 5 rings (SSSR count). The van der Waals surface area contributed by atoms with Crippen molar-refractivity contribution >= 4 is 23.0 Å². The Morgan fingerprint density at radius 3 is 2.69 bits per heavy atom. The molecule has 1 saturated heterocycles. The van der Waals surface area contributed by atoms with Gasteiger partial charge in [0.1, 0.15) is 30.2 Å². The molecule has 1 unspecified atom stereocenters. The summed E-state index contributed by atoms with van der Waals surface area (Å²) in [4.78, 5) is 23.3. The van der Waals surface area contributed by atoms with Crippen LogP contribution < -0.4 is 15.2 Å². The van der Waals surface area contributed by atoms with Crippen molar-refractivity contribution in [3.8, 4) is 11.5 Å². The Hall–Kier alpha value is -3.52. The van der Waals surface area contributed by atoms with E-state index in [4.69, 9.17) is 25.1 Å². The van der Waals surface area contributed by atoms with Gasteiger partial charge in [-0.1, -0.05) is 31.7 Å². The van der Waals surface area contributed by atoms with Crippen molar-refractivity contribution in [2.24, 2.45) is 0 Å². The molecule has 2 aliphatic heterocycles. The smallest absolute Gasteiger partial charge is 0.303 e. The lowest BCUT2D eigenvalue weighted by Crippen LogP contribution is -2.47. The summed E-state index contributed by atoms with van der Waals surface area (Å²) < 4.78 is 18.9. The Kier molecular flexibility index (Phi) is 7.84. The number of unbranched alkanes of at least 4 members (excludes halogenated alkanes) is 4. The molecule has 6 N–H and O–H groups in total. The molecule has 5 atom stereocenters. The molecule has 0 amide bonds. The quantitative estimate of drug-likeness (QED) is 0.206. The zero-order valence-corrected chi connectivity index (χ0v) is 21.3. The summed E-state index contributed by atoms with van der Waals surface area (Å²) in [6.07, 6.45) is 2.00. The maximum absolute atomic E-state index is 11.5. The number of aromatic nitrogens is 4. The lowest BCUT2D eigenvalue weighted by atomic mass is 9.93. The summed E-state index contributed by atoms with van der Waals surface area (Å²) in [5.41, 5.74) is 5.78. The number of aliphatic hydroxyl groups excluding tert-OH is 3. The van der Waals surface area contributed by atoms with Crippen molar-refractivity contribution in [1.29, 1.82) is 0 Å². The first-order chi connectivity index (χ1) is 18.8. The number of carbonyl (C=O) groups is 1. The van der Waals surface area contributed by atoms with Gasteiger partial charge in [-0.2, -0.15) is 0 Å². The predicted molar refractivity (Wildman–Crippen MR) is 137 cm³/mol. The summed E-state index contributed by atoms with van der Waals surface area (Å²) in [6, 6.07) is 5.36. The fourth-order valence-corrected chi connectivity index (χ4v) is 5.36. The maximum Gasteiger partial charge on any atom is 0.303 e. The van der Waals surface area contributed by atoms with Gasteiger partial charge in [0.15, 0.2) is 28.7 Å². The van der Waals surface area contributed by atoms with Crippen molar-refractivity contribution in [3.05, 3.63) is 36.4 Å². The number of carboxylic acid groups (broad SMARTS) is 1. The van der Waals surface area contributed by atoms with E-state index in [0.717, 1.165) is 24.8 Å². The topological polar surface area (TPSA) is 195 Å². The molecule has 39 heavy (non-hydrogen) atoms. The number of nitrogens with two attached hydrogens (primary N) is 1. The Bertz CT molecular complexity index is 1320. The first-order valence-electron chi connectivity index (χ1n) is 13.1. The van der Waals surface area contributed by atoms with Crippen LogP contribution in [0, 0.1) is 0 Å². The van der Waals surface area contributed by atoms with Crippen LogP contribution in [-0.2, 0) is 21.7 Å². The second-order valence-electron chi connectivity index (χ2n) is 10.0. The highest BCUT2D eigenvalue weighted by atomic mass is 16.7. The SMILES string of the molecule is Nc1ncnc2c1ncn2[C@]1(Cc2ccc3c(c2)OCO3)O[C@H](C(O)CCCCCCCC(=O)O)[C@@H](O)[C@H]1O. The van der Waals surface area contributed by atoms with Crippen LogP contribution in [0.15, 0.2) is 30.9 Å². The number of benzene rings is 1. The standard InChI is InChI=1S/C26H33N5O8/c27-24-20-25(29-12-28-24)31(13-30-20)26(11-15-8-9-17-18(10-15)38-14-37-17)23(36)21(35)22(39-26)16(32)6-4-2-1-3-5-7-19(33)34/h8-10,12-13,16,21-23,32,35-36H,1-7,11,14H2,(H,33,34)(H2,27,28,29)/t16?,21-,22-,23-,26-/m1/s1. The molecule has 0 bridgehead atoms. The number of nitrogen functional groups attached to an aromatic ring is 1. The highest BCUT2D eigenvalue weighted by Crippen LogP contribution is 2.43. The molecule has 13 nitrogen and oxygen atoms in total. The molecule has 3 aromatic rings. The molecule has 0 aliphatic carbocycles.